The summed E-state index contributed by atoms with van der Waals surface area (Å²) in [4.78, 5) is 16.4. The zero-order valence-corrected chi connectivity index (χ0v) is 14.6. The number of carbonyl (C=O) groups excluding carboxylic acids is 1. The van der Waals surface area contributed by atoms with E-state index in [0.29, 0.717) is 27.3 Å². The molecule has 0 radical (unpaired) electrons. The van der Waals surface area contributed by atoms with Crippen LogP contribution >= 0.6 is 23.2 Å². The third kappa shape index (κ3) is 5.41. The van der Waals surface area contributed by atoms with Gasteiger partial charge in [0, 0.05) is 23.5 Å². The second-order valence-electron chi connectivity index (χ2n) is 5.62. The van der Waals surface area contributed by atoms with Crippen LogP contribution in [0.5, 0.6) is 0 Å². The number of amides is 1. The molecule has 2 N–H and O–H groups in total. The number of nitrogens with one attached hydrogen (secondary N) is 2. The minimum absolute atomic E-state index is 0.315. The molecule has 1 heterocycles. The van der Waals surface area contributed by atoms with Crippen molar-refractivity contribution in [1.82, 2.24) is 4.98 Å². The van der Waals surface area contributed by atoms with Crippen molar-refractivity contribution < 1.29 is 4.79 Å². The van der Waals surface area contributed by atoms with Gasteiger partial charge >= 0.3 is 0 Å². The van der Waals surface area contributed by atoms with E-state index in [1.54, 1.807) is 30.5 Å². The number of benzene rings is 1. The smallest absolute Gasteiger partial charge is 0.274 e. The summed E-state index contributed by atoms with van der Waals surface area (Å²) in [5.74, 6) is 0.291. The lowest BCUT2D eigenvalue weighted by molar-refractivity contribution is 0.102. The second kappa shape index (κ2) is 8.18. The van der Waals surface area contributed by atoms with Crippen molar-refractivity contribution in [2.24, 2.45) is 5.92 Å². The monoisotopic (exact) mass is 351 g/mol. The molecule has 2 rings (SSSR count). The number of hydrogen-bond donors (Lipinski definition) is 2. The fraction of sp³-hybridized carbons (Fsp3) is 0.294. The summed E-state index contributed by atoms with van der Waals surface area (Å²) in [5.41, 5.74) is 1.64. The van der Waals surface area contributed by atoms with Crippen molar-refractivity contribution in [1.29, 1.82) is 0 Å². The van der Waals surface area contributed by atoms with Crippen molar-refractivity contribution >= 4 is 40.5 Å². The van der Waals surface area contributed by atoms with E-state index in [-0.39, 0.29) is 5.91 Å². The predicted molar refractivity (Wildman–Crippen MR) is 96.6 cm³/mol. The summed E-state index contributed by atoms with van der Waals surface area (Å²) < 4.78 is 0. The molecule has 0 atom stereocenters. The van der Waals surface area contributed by atoms with Crippen LogP contribution in [0.15, 0.2) is 36.5 Å². The zero-order chi connectivity index (χ0) is 16.8. The number of rotatable bonds is 6. The number of carbonyl (C=O) groups is 1. The molecule has 0 bridgehead atoms. The first-order valence-corrected chi connectivity index (χ1v) is 8.17. The highest BCUT2D eigenvalue weighted by Gasteiger charge is 2.11. The van der Waals surface area contributed by atoms with Gasteiger partial charge in [0.15, 0.2) is 0 Å². The van der Waals surface area contributed by atoms with Crippen LogP contribution in [0.25, 0.3) is 0 Å². The highest BCUT2D eigenvalue weighted by atomic mass is 35.5. The summed E-state index contributed by atoms with van der Waals surface area (Å²) in [6.45, 7) is 5.19. The quantitative estimate of drug-likeness (QED) is 0.761. The van der Waals surface area contributed by atoms with Gasteiger partial charge in [0.05, 0.1) is 10.7 Å². The van der Waals surface area contributed by atoms with Gasteiger partial charge in [-0.05, 0) is 42.7 Å². The van der Waals surface area contributed by atoms with Gasteiger partial charge in [-0.3, -0.25) is 9.78 Å². The Bertz CT molecular complexity index is 689. The molecule has 122 valence electrons. The largest absolute Gasteiger partial charge is 0.385 e. The normalized spacial score (nSPS) is 10.7. The molecule has 4 nitrogen and oxygen atoms in total. The summed E-state index contributed by atoms with van der Waals surface area (Å²) in [6, 6.07) is 8.46. The Labute approximate surface area is 146 Å². The fourth-order valence-corrected chi connectivity index (χ4v) is 2.29. The van der Waals surface area contributed by atoms with Crippen molar-refractivity contribution in [3.63, 3.8) is 0 Å². The maximum atomic E-state index is 12.3. The lowest BCUT2D eigenvalue weighted by Gasteiger charge is -2.10. The Morgan fingerprint density at radius 2 is 2.00 bits per heavy atom. The van der Waals surface area contributed by atoms with Gasteiger partial charge in [0.2, 0.25) is 0 Å². The summed E-state index contributed by atoms with van der Waals surface area (Å²) >= 11 is 12.0. The zero-order valence-electron chi connectivity index (χ0n) is 13.1. The number of anilines is 2. The number of nitrogens with zero attached hydrogens (tertiary/aromatic N) is 1. The van der Waals surface area contributed by atoms with E-state index < -0.39 is 0 Å². The molecule has 1 amide bonds. The molecule has 1 aromatic heterocycles. The highest BCUT2D eigenvalue weighted by Crippen LogP contribution is 2.25. The Morgan fingerprint density at radius 3 is 2.74 bits per heavy atom. The summed E-state index contributed by atoms with van der Waals surface area (Å²) in [5, 5.41) is 6.94. The molecule has 0 saturated heterocycles. The number of pyridine rings is 1. The van der Waals surface area contributed by atoms with E-state index in [2.05, 4.69) is 29.5 Å². The lowest BCUT2D eigenvalue weighted by Crippen LogP contribution is -2.14. The lowest BCUT2D eigenvalue weighted by atomic mass is 10.1. The molecular formula is C17H19Cl2N3O. The molecule has 0 spiro atoms. The molecule has 0 aliphatic heterocycles. The molecule has 2 aromatic rings. The molecule has 0 unspecified atom stereocenters. The van der Waals surface area contributed by atoms with E-state index in [1.807, 2.05) is 6.07 Å². The van der Waals surface area contributed by atoms with Crippen LogP contribution in [0.1, 0.15) is 30.8 Å². The summed E-state index contributed by atoms with van der Waals surface area (Å²) in [6.07, 6.45) is 2.66. The van der Waals surface area contributed by atoms with Crippen LogP contribution in [0.3, 0.4) is 0 Å². The van der Waals surface area contributed by atoms with Crippen molar-refractivity contribution in [3.8, 4) is 0 Å². The number of hydrogen-bond acceptors (Lipinski definition) is 3. The Balaban J connectivity index is 2.06. The minimum Gasteiger partial charge on any atom is -0.385 e. The molecule has 0 aliphatic rings. The van der Waals surface area contributed by atoms with E-state index in [0.717, 1.165) is 18.7 Å². The van der Waals surface area contributed by atoms with E-state index in [1.165, 1.54) is 0 Å². The molecule has 0 fully saturated rings. The number of halogens is 2. The Kier molecular flexibility index (Phi) is 6.25. The van der Waals surface area contributed by atoms with Crippen LogP contribution < -0.4 is 10.6 Å². The van der Waals surface area contributed by atoms with Crippen LogP contribution in [-0.2, 0) is 0 Å². The van der Waals surface area contributed by atoms with Crippen LogP contribution in [-0.4, -0.2) is 17.4 Å². The molecule has 0 saturated carbocycles. The first-order chi connectivity index (χ1) is 11.0. The van der Waals surface area contributed by atoms with Gasteiger partial charge in [-0.15, -0.1) is 0 Å². The van der Waals surface area contributed by atoms with Gasteiger partial charge in [-0.1, -0.05) is 37.0 Å². The molecule has 6 heteroatoms. The first kappa shape index (κ1) is 17.6. The third-order valence-corrected chi connectivity index (χ3v) is 3.78. The average Bonchev–Trinajstić information content (AvgIpc) is 2.51. The van der Waals surface area contributed by atoms with Crippen LogP contribution in [0.2, 0.25) is 10.0 Å². The molecule has 0 aliphatic carbocycles. The van der Waals surface area contributed by atoms with Crippen LogP contribution in [0, 0.1) is 5.92 Å². The van der Waals surface area contributed by atoms with Gasteiger partial charge in [-0.25, -0.2) is 0 Å². The standard InChI is InChI=1S/C17H19Cl2N3O/c1-11(2)5-7-20-13-6-8-21-16(10-13)17(23)22-15-9-12(18)3-4-14(15)19/h3-4,6,8-11H,5,7H2,1-2H3,(H,20,21)(H,22,23). The van der Waals surface area contributed by atoms with Crippen molar-refractivity contribution in [2.75, 3.05) is 17.2 Å². The molecule has 23 heavy (non-hydrogen) atoms. The molecule has 1 aromatic carbocycles. The van der Waals surface area contributed by atoms with Gasteiger partial charge in [-0.2, -0.15) is 0 Å². The predicted octanol–water partition coefficient (Wildman–Crippen LogP) is 5.10. The fourth-order valence-electron chi connectivity index (χ4n) is 1.95. The first-order valence-electron chi connectivity index (χ1n) is 7.42. The maximum absolute atomic E-state index is 12.3. The Hall–Kier alpha value is -1.78. The average molecular weight is 352 g/mol. The topological polar surface area (TPSA) is 54.0 Å². The second-order valence-corrected chi connectivity index (χ2v) is 6.46. The van der Waals surface area contributed by atoms with E-state index >= 15 is 0 Å². The van der Waals surface area contributed by atoms with E-state index in [4.69, 9.17) is 23.2 Å². The van der Waals surface area contributed by atoms with Gasteiger partial charge in [0.25, 0.3) is 5.91 Å². The highest BCUT2D eigenvalue weighted by molar-refractivity contribution is 6.35. The van der Waals surface area contributed by atoms with E-state index in [9.17, 15) is 4.79 Å². The number of aromatic nitrogens is 1. The van der Waals surface area contributed by atoms with Crippen LogP contribution in [0.4, 0.5) is 11.4 Å². The summed E-state index contributed by atoms with van der Waals surface area (Å²) in [7, 11) is 0. The van der Waals surface area contributed by atoms with Crippen molar-refractivity contribution in [3.05, 3.63) is 52.3 Å². The minimum atomic E-state index is -0.332. The van der Waals surface area contributed by atoms with Crippen molar-refractivity contribution in [2.45, 2.75) is 20.3 Å². The maximum Gasteiger partial charge on any atom is 0.274 e. The Morgan fingerprint density at radius 1 is 1.22 bits per heavy atom. The molecular weight excluding hydrogens is 333 g/mol. The third-order valence-electron chi connectivity index (χ3n) is 3.22. The van der Waals surface area contributed by atoms with Gasteiger partial charge < -0.3 is 10.6 Å². The van der Waals surface area contributed by atoms with Gasteiger partial charge in [0.1, 0.15) is 5.69 Å². The SMILES string of the molecule is CC(C)CCNc1ccnc(C(=O)Nc2cc(Cl)ccc2Cl)c1.